The second-order valence-electron chi connectivity index (χ2n) is 4.30. The molecule has 0 aliphatic carbocycles. The first-order valence-electron chi connectivity index (χ1n) is 6.37. The van der Waals surface area contributed by atoms with E-state index in [2.05, 4.69) is 48.4 Å². The van der Waals surface area contributed by atoms with E-state index in [9.17, 15) is 4.79 Å². The van der Waals surface area contributed by atoms with E-state index in [1.165, 1.54) is 5.56 Å². The fraction of sp³-hybridized carbons (Fsp3) is 0.400. The molecule has 1 aromatic carbocycles. The van der Waals surface area contributed by atoms with Crippen molar-refractivity contribution >= 4 is 5.91 Å². The molecular weight excluding hydrogens is 224 g/mol. The lowest BCUT2D eigenvalue weighted by Crippen LogP contribution is -2.35. The lowest BCUT2D eigenvalue weighted by atomic mass is 10.1. The Balaban J connectivity index is 2.45. The van der Waals surface area contributed by atoms with E-state index in [0.717, 1.165) is 12.0 Å². The average Bonchev–Trinajstić information content (AvgIpc) is 2.39. The Bertz CT molecular complexity index is 384. The van der Waals surface area contributed by atoms with Gasteiger partial charge < -0.3 is 10.6 Å². The Morgan fingerprint density at radius 2 is 2.06 bits per heavy atom. The molecule has 0 saturated carbocycles. The molecule has 0 fully saturated rings. The van der Waals surface area contributed by atoms with Crippen LogP contribution in [0.4, 0.5) is 0 Å². The van der Waals surface area contributed by atoms with Crippen molar-refractivity contribution < 1.29 is 4.79 Å². The molecule has 2 N–H and O–H groups in total. The molecule has 3 heteroatoms. The number of nitrogens with one attached hydrogen (secondary N) is 2. The van der Waals surface area contributed by atoms with Gasteiger partial charge >= 0.3 is 0 Å². The summed E-state index contributed by atoms with van der Waals surface area (Å²) in [6.45, 7) is 8.68. The van der Waals surface area contributed by atoms with Crippen molar-refractivity contribution in [2.75, 3.05) is 13.1 Å². The summed E-state index contributed by atoms with van der Waals surface area (Å²) in [7, 11) is 0. The fourth-order valence-electron chi connectivity index (χ4n) is 1.71. The number of hydrogen-bond donors (Lipinski definition) is 2. The topological polar surface area (TPSA) is 41.1 Å². The van der Waals surface area contributed by atoms with Gasteiger partial charge in [-0.2, -0.15) is 0 Å². The molecule has 0 radical (unpaired) electrons. The maximum atomic E-state index is 11.6. The molecule has 0 bridgehead atoms. The van der Waals surface area contributed by atoms with Crippen LogP contribution >= 0.6 is 0 Å². The van der Waals surface area contributed by atoms with E-state index in [1.807, 2.05) is 6.92 Å². The van der Waals surface area contributed by atoms with Crippen molar-refractivity contribution in [3.05, 3.63) is 48.0 Å². The molecule has 0 aliphatic rings. The summed E-state index contributed by atoms with van der Waals surface area (Å²) < 4.78 is 0. The van der Waals surface area contributed by atoms with Crippen molar-refractivity contribution in [3.63, 3.8) is 0 Å². The van der Waals surface area contributed by atoms with Crippen LogP contribution in [0.2, 0.25) is 0 Å². The quantitative estimate of drug-likeness (QED) is 0.572. The first-order chi connectivity index (χ1) is 8.67. The van der Waals surface area contributed by atoms with Gasteiger partial charge in [-0.1, -0.05) is 37.3 Å². The molecule has 98 valence electrons. The summed E-state index contributed by atoms with van der Waals surface area (Å²) in [5.41, 5.74) is 2.44. The monoisotopic (exact) mass is 246 g/mol. The van der Waals surface area contributed by atoms with Gasteiger partial charge in [0, 0.05) is 6.54 Å². The molecule has 0 aliphatic heterocycles. The summed E-state index contributed by atoms with van der Waals surface area (Å²) in [6.07, 6.45) is 2.77. The Morgan fingerprint density at radius 1 is 1.39 bits per heavy atom. The highest BCUT2D eigenvalue weighted by Crippen LogP contribution is 2.13. The van der Waals surface area contributed by atoms with Crippen LogP contribution in [-0.2, 0) is 11.2 Å². The highest BCUT2D eigenvalue weighted by Gasteiger charge is 2.08. The summed E-state index contributed by atoms with van der Waals surface area (Å²) in [5.74, 6) is 0.00363. The predicted molar refractivity (Wildman–Crippen MR) is 75.4 cm³/mol. The van der Waals surface area contributed by atoms with E-state index in [1.54, 1.807) is 6.08 Å². The molecular formula is C15H22N2O. The van der Waals surface area contributed by atoms with Crippen molar-refractivity contribution in [3.8, 4) is 0 Å². The largest absolute Gasteiger partial charge is 0.348 e. The van der Waals surface area contributed by atoms with E-state index in [0.29, 0.717) is 13.1 Å². The standard InChI is InChI=1S/C15H22N2O/c1-4-10-16-11-15(18)17-12(3)14-8-6-13(5-2)7-9-14/h4,6-9,12,16H,1,5,10-11H2,2-3H3,(H,17,18). The first kappa shape index (κ1) is 14.5. The van der Waals surface area contributed by atoms with Gasteiger partial charge in [0.1, 0.15) is 0 Å². The molecule has 3 nitrogen and oxygen atoms in total. The Morgan fingerprint density at radius 3 is 2.61 bits per heavy atom. The van der Waals surface area contributed by atoms with Gasteiger partial charge in [0.05, 0.1) is 12.6 Å². The molecule has 0 heterocycles. The molecule has 1 atom stereocenters. The molecule has 0 aromatic heterocycles. The lowest BCUT2D eigenvalue weighted by Gasteiger charge is -2.15. The van der Waals surface area contributed by atoms with Crippen LogP contribution in [0.1, 0.15) is 31.0 Å². The summed E-state index contributed by atoms with van der Waals surface area (Å²) in [5, 5.41) is 5.94. The first-order valence-corrected chi connectivity index (χ1v) is 6.37. The number of benzene rings is 1. The third-order valence-corrected chi connectivity index (χ3v) is 2.84. The van der Waals surface area contributed by atoms with E-state index >= 15 is 0 Å². The van der Waals surface area contributed by atoms with Crippen LogP contribution < -0.4 is 10.6 Å². The minimum Gasteiger partial charge on any atom is -0.348 e. The van der Waals surface area contributed by atoms with E-state index in [-0.39, 0.29) is 11.9 Å². The highest BCUT2D eigenvalue weighted by molar-refractivity contribution is 5.78. The van der Waals surface area contributed by atoms with Gasteiger partial charge in [-0.15, -0.1) is 6.58 Å². The maximum absolute atomic E-state index is 11.6. The summed E-state index contributed by atoms with van der Waals surface area (Å²) in [6, 6.07) is 8.39. The molecule has 1 aromatic rings. The zero-order valence-electron chi connectivity index (χ0n) is 11.2. The number of rotatable bonds is 7. The molecule has 1 unspecified atom stereocenters. The third-order valence-electron chi connectivity index (χ3n) is 2.84. The van der Waals surface area contributed by atoms with Gasteiger partial charge in [-0.05, 0) is 24.5 Å². The Kier molecular flexibility index (Phi) is 6.15. The van der Waals surface area contributed by atoms with Crippen molar-refractivity contribution in [2.45, 2.75) is 26.3 Å². The Hall–Kier alpha value is -1.61. The van der Waals surface area contributed by atoms with Gasteiger partial charge in [0.25, 0.3) is 0 Å². The normalized spacial score (nSPS) is 11.9. The maximum Gasteiger partial charge on any atom is 0.234 e. The van der Waals surface area contributed by atoms with Crippen molar-refractivity contribution in [1.82, 2.24) is 10.6 Å². The van der Waals surface area contributed by atoms with Crippen LogP contribution in [0.15, 0.2) is 36.9 Å². The van der Waals surface area contributed by atoms with Gasteiger partial charge in [-0.25, -0.2) is 0 Å². The van der Waals surface area contributed by atoms with E-state index in [4.69, 9.17) is 0 Å². The van der Waals surface area contributed by atoms with Crippen LogP contribution in [0.3, 0.4) is 0 Å². The zero-order valence-corrected chi connectivity index (χ0v) is 11.2. The highest BCUT2D eigenvalue weighted by atomic mass is 16.1. The van der Waals surface area contributed by atoms with Crippen molar-refractivity contribution in [2.24, 2.45) is 0 Å². The summed E-state index contributed by atoms with van der Waals surface area (Å²) in [4.78, 5) is 11.6. The Labute approximate surface area is 109 Å². The SMILES string of the molecule is C=CCNCC(=O)NC(C)c1ccc(CC)cc1. The minimum absolute atomic E-state index is 0.00363. The molecule has 0 saturated heterocycles. The van der Waals surface area contributed by atoms with Gasteiger partial charge in [0.2, 0.25) is 5.91 Å². The minimum atomic E-state index is 0.00363. The lowest BCUT2D eigenvalue weighted by molar-refractivity contribution is -0.120. The zero-order chi connectivity index (χ0) is 13.4. The second-order valence-corrected chi connectivity index (χ2v) is 4.30. The number of aryl methyl sites for hydroxylation is 1. The van der Waals surface area contributed by atoms with Crippen LogP contribution in [0.25, 0.3) is 0 Å². The van der Waals surface area contributed by atoms with Crippen molar-refractivity contribution in [1.29, 1.82) is 0 Å². The number of carbonyl (C=O) groups is 1. The van der Waals surface area contributed by atoms with Gasteiger partial charge in [-0.3, -0.25) is 4.79 Å². The van der Waals surface area contributed by atoms with Crippen LogP contribution in [0, 0.1) is 0 Å². The third kappa shape index (κ3) is 4.72. The second kappa shape index (κ2) is 7.67. The summed E-state index contributed by atoms with van der Waals surface area (Å²) >= 11 is 0. The number of carbonyl (C=O) groups excluding carboxylic acids is 1. The predicted octanol–water partition coefficient (Wildman–Crippen LogP) is 2.20. The number of hydrogen-bond acceptors (Lipinski definition) is 2. The van der Waals surface area contributed by atoms with E-state index < -0.39 is 0 Å². The fourth-order valence-corrected chi connectivity index (χ4v) is 1.71. The average molecular weight is 246 g/mol. The molecule has 0 spiro atoms. The molecule has 18 heavy (non-hydrogen) atoms. The van der Waals surface area contributed by atoms with Crippen LogP contribution in [0.5, 0.6) is 0 Å². The number of amides is 1. The molecule has 1 amide bonds. The van der Waals surface area contributed by atoms with Gasteiger partial charge in [0.15, 0.2) is 0 Å². The smallest absolute Gasteiger partial charge is 0.234 e. The molecule has 1 rings (SSSR count). The van der Waals surface area contributed by atoms with Crippen LogP contribution in [-0.4, -0.2) is 19.0 Å².